The molecule has 0 heterocycles. The molecule has 4 rings (SSSR count). The molecule has 4 aromatic carbocycles. The lowest BCUT2D eigenvalue weighted by Gasteiger charge is -2.20. The van der Waals surface area contributed by atoms with Crippen molar-refractivity contribution in [3.63, 3.8) is 0 Å². The summed E-state index contributed by atoms with van der Waals surface area (Å²) in [6, 6.07) is 13.8. The van der Waals surface area contributed by atoms with Crippen LogP contribution in [0.25, 0.3) is 21.5 Å². The fourth-order valence-electron chi connectivity index (χ4n) is 5.22. The van der Waals surface area contributed by atoms with E-state index in [4.69, 9.17) is 18.9 Å². The van der Waals surface area contributed by atoms with Gasteiger partial charge in [-0.3, -0.25) is 0 Å². The Hall–Kier alpha value is -5.52. The van der Waals surface area contributed by atoms with Gasteiger partial charge in [0.2, 0.25) is 0 Å². The Morgan fingerprint density at radius 1 is 0.500 bits per heavy atom. The molecular weight excluding hydrogens is 648 g/mol. The van der Waals surface area contributed by atoms with Crippen LogP contribution in [0.5, 0.6) is 23.0 Å². The second kappa shape index (κ2) is 17.8. The molecule has 12 nitrogen and oxygen atoms in total. The number of aromatic carboxylic acids is 4. The zero-order chi connectivity index (χ0) is 37.1. The number of ether oxygens (including phenoxy) is 4. The number of hydrogen-bond donors (Lipinski definition) is 4. The monoisotopic (exact) mass is 692 g/mol. The highest BCUT2D eigenvalue weighted by Crippen LogP contribution is 2.43. The van der Waals surface area contributed by atoms with Gasteiger partial charge in [-0.2, -0.15) is 0 Å². The SMILES string of the molecule is CCCCOc1c(C(=O)O)c(C(=O)O)c(OC(C)C)c2ccccc12.CCCCOc1c(C(=O)O)c(C(=O)O)c(OC(C)C)c2ccccc12. The summed E-state index contributed by atoms with van der Waals surface area (Å²) in [5.74, 6) is -5.18. The molecule has 268 valence electrons. The summed E-state index contributed by atoms with van der Waals surface area (Å²) in [7, 11) is 0. The van der Waals surface area contributed by atoms with Crippen molar-refractivity contribution in [3.8, 4) is 23.0 Å². The Labute approximate surface area is 290 Å². The lowest BCUT2D eigenvalue weighted by Crippen LogP contribution is -2.17. The first-order valence-corrected chi connectivity index (χ1v) is 16.5. The number of benzene rings is 4. The first-order valence-electron chi connectivity index (χ1n) is 16.5. The summed E-state index contributed by atoms with van der Waals surface area (Å²) in [6.07, 6.45) is 2.60. The average Bonchev–Trinajstić information content (AvgIpc) is 3.05. The van der Waals surface area contributed by atoms with Gasteiger partial charge in [0.25, 0.3) is 0 Å². The summed E-state index contributed by atoms with van der Waals surface area (Å²) in [5.41, 5.74) is -1.52. The molecule has 4 N–H and O–H groups in total. The van der Waals surface area contributed by atoms with Crippen molar-refractivity contribution in [1.29, 1.82) is 0 Å². The topological polar surface area (TPSA) is 186 Å². The van der Waals surface area contributed by atoms with E-state index < -0.39 is 23.9 Å². The number of unbranched alkanes of at least 4 members (excludes halogenated alkanes) is 2. The molecular formula is C38H44O12. The van der Waals surface area contributed by atoms with Crippen LogP contribution in [-0.2, 0) is 0 Å². The van der Waals surface area contributed by atoms with Crippen LogP contribution in [0.15, 0.2) is 48.5 Å². The van der Waals surface area contributed by atoms with Crippen LogP contribution in [0.4, 0.5) is 0 Å². The lowest BCUT2D eigenvalue weighted by atomic mass is 9.97. The second-order valence-electron chi connectivity index (χ2n) is 11.9. The molecule has 0 fully saturated rings. The number of carbonyl (C=O) groups is 4. The van der Waals surface area contributed by atoms with Crippen molar-refractivity contribution < 1.29 is 58.6 Å². The van der Waals surface area contributed by atoms with Crippen LogP contribution in [0.2, 0.25) is 0 Å². The highest BCUT2D eigenvalue weighted by molar-refractivity contribution is 6.15. The third-order valence-electron chi connectivity index (χ3n) is 7.29. The third-order valence-corrected chi connectivity index (χ3v) is 7.29. The van der Waals surface area contributed by atoms with Crippen LogP contribution < -0.4 is 18.9 Å². The van der Waals surface area contributed by atoms with E-state index in [9.17, 15) is 39.6 Å². The minimum Gasteiger partial charge on any atom is -0.492 e. The quantitative estimate of drug-likeness (QED) is 0.0823. The molecule has 12 heteroatoms. The average molecular weight is 693 g/mol. The van der Waals surface area contributed by atoms with Gasteiger partial charge in [0, 0.05) is 21.5 Å². The van der Waals surface area contributed by atoms with Gasteiger partial charge in [-0.15, -0.1) is 0 Å². The number of carboxylic acids is 4. The normalized spacial score (nSPS) is 10.9. The van der Waals surface area contributed by atoms with E-state index >= 15 is 0 Å². The molecule has 0 atom stereocenters. The van der Waals surface area contributed by atoms with E-state index in [-0.39, 0.29) is 57.5 Å². The standard InChI is InChI=1S/2C19H22O6/c2*1-4-5-10-24-16-12-8-6-7-9-13(12)17(25-11(2)3)15(19(22)23)14(16)18(20)21/h2*6-9,11H,4-5,10H2,1-3H3,(H,20,21)(H,22,23). The van der Waals surface area contributed by atoms with Gasteiger partial charge >= 0.3 is 23.9 Å². The Bertz CT molecular complexity index is 1720. The summed E-state index contributed by atoms with van der Waals surface area (Å²) in [4.78, 5) is 47.4. The first-order chi connectivity index (χ1) is 23.8. The largest absolute Gasteiger partial charge is 0.492 e. The van der Waals surface area contributed by atoms with Crippen molar-refractivity contribution in [3.05, 3.63) is 70.8 Å². The fraction of sp³-hybridized carbons (Fsp3) is 0.368. The van der Waals surface area contributed by atoms with Crippen molar-refractivity contribution in [2.45, 2.75) is 79.4 Å². The molecule has 0 aliphatic heterocycles. The summed E-state index contributed by atoms with van der Waals surface area (Å²) < 4.78 is 22.8. The zero-order valence-electron chi connectivity index (χ0n) is 29.1. The number of hydrogen-bond acceptors (Lipinski definition) is 8. The van der Waals surface area contributed by atoms with Crippen molar-refractivity contribution in [1.82, 2.24) is 0 Å². The van der Waals surface area contributed by atoms with E-state index in [1.165, 1.54) is 0 Å². The van der Waals surface area contributed by atoms with Crippen LogP contribution >= 0.6 is 0 Å². The Morgan fingerprint density at radius 2 is 0.760 bits per heavy atom. The fourth-order valence-corrected chi connectivity index (χ4v) is 5.22. The molecule has 0 saturated carbocycles. The molecule has 0 bridgehead atoms. The van der Waals surface area contributed by atoms with Crippen molar-refractivity contribution in [2.75, 3.05) is 13.2 Å². The molecule has 0 radical (unpaired) electrons. The minimum atomic E-state index is -1.36. The second-order valence-corrected chi connectivity index (χ2v) is 11.9. The lowest BCUT2D eigenvalue weighted by molar-refractivity contribution is 0.0642. The highest BCUT2D eigenvalue weighted by Gasteiger charge is 2.32. The summed E-state index contributed by atoms with van der Waals surface area (Å²) in [5, 5.41) is 40.8. The van der Waals surface area contributed by atoms with Gasteiger partial charge in [0.1, 0.15) is 45.3 Å². The molecule has 0 amide bonds. The molecule has 0 unspecified atom stereocenters. The van der Waals surface area contributed by atoms with Crippen LogP contribution in [0.3, 0.4) is 0 Å². The molecule has 0 aliphatic rings. The molecule has 0 aliphatic carbocycles. The first kappa shape index (κ1) is 38.9. The van der Waals surface area contributed by atoms with Gasteiger partial charge in [0.15, 0.2) is 0 Å². The van der Waals surface area contributed by atoms with E-state index in [1.807, 2.05) is 13.8 Å². The maximum Gasteiger partial charge on any atom is 0.340 e. The Balaban J connectivity index is 0.000000270. The Kier molecular flexibility index (Phi) is 13.8. The van der Waals surface area contributed by atoms with Gasteiger partial charge in [0.05, 0.1) is 25.4 Å². The predicted molar refractivity (Wildman–Crippen MR) is 188 cm³/mol. The maximum absolute atomic E-state index is 11.9. The van der Waals surface area contributed by atoms with Crippen LogP contribution in [0.1, 0.15) is 109 Å². The van der Waals surface area contributed by atoms with Gasteiger partial charge in [-0.05, 0) is 40.5 Å². The van der Waals surface area contributed by atoms with Crippen LogP contribution in [-0.4, -0.2) is 69.7 Å². The van der Waals surface area contributed by atoms with E-state index in [2.05, 4.69) is 0 Å². The molecule has 0 saturated heterocycles. The molecule has 0 aromatic heterocycles. The van der Waals surface area contributed by atoms with Crippen molar-refractivity contribution in [2.24, 2.45) is 0 Å². The Morgan fingerprint density at radius 3 is 1.00 bits per heavy atom. The summed E-state index contributed by atoms with van der Waals surface area (Å²) >= 11 is 0. The maximum atomic E-state index is 11.9. The highest BCUT2D eigenvalue weighted by atomic mass is 16.5. The van der Waals surface area contributed by atoms with Gasteiger partial charge in [-0.25, -0.2) is 19.2 Å². The van der Waals surface area contributed by atoms with Crippen LogP contribution in [0, 0.1) is 0 Å². The van der Waals surface area contributed by atoms with E-state index in [0.29, 0.717) is 34.8 Å². The smallest absolute Gasteiger partial charge is 0.340 e. The number of fused-ring (bicyclic) bond motifs is 2. The molecule has 50 heavy (non-hydrogen) atoms. The minimum absolute atomic E-state index is 0.0540. The number of rotatable bonds is 16. The number of carboxylic acid groups (broad SMARTS) is 4. The predicted octanol–water partition coefficient (Wildman–Crippen LogP) is 8.40. The van der Waals surface area contributed by atoms with Gasteiger partial charge < -0.3 is 39.4 Å². The third kappa shape index (κ3) is 8.93. The van der Waals surface area contributed by atoms with Crippen molar-refractivity contribution >= 4 is 45.4 Å². The van der Waals surface area contributed by atoms with E-state index in [0.717, 1.165) is 25.7 Å². The zero-order valence-corrected chi connectivity index (χ0v) is 29.1. The summed E-state index contributed by atoms with van der Waals surface area (Å²) in [6.45, 7) is 11.6. The molecule has 0 spiro atoms. The van der Waals surface area contributed by atoms with Gasteiger partial charge in [-0.1, -0.05) is 75.2 Å². The molecule has 4 aromatic rings. The van der Waals surface area contributed by atoms with E-state index in [1.54, 1.807) is 76.2 Å².